The van der Waals surface area contributed by atoms with Gasteiger partial charge in [0.05, 0.1) is 5.41 Å². The summed E-state index contributed by atoms with van der Waals surface area (Å²) in [6.45, 7) is 8.04. The fourth-order valence-corrected chi connectivity index (χ4v) is 3.64. The van der Waals surface area contributed by atoms with Gasteiger partial charge in [-0.2, -0.15) is 0 Å². The largest absolute Gasteiger partial charge is 0.381 e. The number of hydrogen-bond donors (Lipinski definition) is 1. The van der Waals surface area contributed by atoms with Crippen molar-refractivity contribution in [2.45, 2.75) is 38.1 Å². The topological polar surface area (TPSA) is 41.6 Å². The Morgan fingerprint density at radius 2 is 1.95 bits per heavy atom. The van der Waals surface area contributed by atoms with E-state index in [0.29, 0.717) is 19.3 Å². The van der Waals surface area contributed by atoms with Gasteiger partial charge in [0.1, 0.15) is 0 Å². The minimum atomic E-state index is -0.400. The van der Waals surface area contributed by atoms with Crippen molar-refractivity contribution in [2.75, 3.05) is 32.8 Å². The number of aryl methyl sites for hydroxylation is 1. The molecule has 1 aromatic rings. The second kappa shape index (κ2) is 6.39. The molecule has 2 heterocycles. The van der Waals surface area contributed by atoms with Crippen LogP contribution in [0.3, 0.4) is 0 Å². The first-order valence-electron chi connectivity index (χ1n) is 8.29. The van der Waals surface area contributed by atoms with Crippen LogP contribution in [0.15, 0.2) is 24.3 Å². The number of carbonyl (C=O) groups is 1. The van der Waals surface area contributed by atoms with Gasteiger partial charge in [-0.25, -0.2) is 0 Å². The van der Waals surface area contributed by atoms with Gasteiger partial charge in [0, 0.05) is 38.9 Å². The van der Waals surface area contributed by atoms with E-state index >= 15 is 0 Å². The number of benzene rings is 1. The predicted molar refractivity (Wildman–Crippen MR) is 87.0 cm³/mol. The first-order chi connectivity index (χ1) is 10.6. The summed E-state index contributed by atoms with van der Waals surface area (Å²) in [6, 6.07) is 8.85. The molecule has 4 nitrogen and oxygen atoms in total. The van der Waals surface area contributed by atoms with Crippen LogP contribution < -0.4 is 5.32 Å². The third kappa shape index (κ3) is 2.90. The Kier molecular flexibility index (Phi) is 4.50. The van der Waals surface area contributed by atoms with Gasteiger partial charge in [-0.1, -0.05) is 29.8 Å². The van der Waals surface area contributed by atoms with Crippen LogP contribution >= 0.6 is 0 Å². The minimum absolute atomic E-state index is 0.285. The quantitative estimate of drug-likeness (QED) is 0.907. The number of nitrogens with one attached hydrogen (secondary N) is 1. The van der Waals surface area contributed by atoms with E-state index in [9.17, 15) is 4.79 Å². The van der Waals surface area contributed by atoms with Crippen LogP contribution in [0.1, 0.15) is 30.9 Å². The van der Waals surface area contributed by atoms with Crippen molar-refractivity contribution in [1.29, 1.82) is 0 Å². The summed E-state index contributed by atoms with van der Waals surface area (Å²) in [5, 5.41) is 3.41. The van der Waals surface area contributed by atoms with E-state index in [1.54, 1.807) is 0 Å². The molecular weight excluding hydrogens is 276 g/mol. The molecule has 0 aromatic heterocycles. The van der Waals surface area contributed by atoms with Gasteiger partial charge >= 0.3 is 0 Å². The third-order valence-electron chi connectivity index (χ3n) is 5.02. The van der Waals surface area contributed by atoms with E-state index in [1.807, 2.05) is 4.90 Å². The highest BCUT2D eigenvalue weighted by molar-refractivity contribution is 5.88. The lowest BCUT2D eigenvalue weighted by Crippen LogP contribution is -2.57. The van der Waals surface area contributed by atoms with E-state index in [4.69, 9.17) is 4.74 Å². The van der Waals surface area contributed by atoms with E-state index in [2.05, 4.69) is 43.4 Å². The molecule has 2 aliphatic heterocycles. The number of ether oxygens (including phenoxy) is 1. The van der Waals surface area contributed by atoms with Crippen molar-refractivity contribution < 1.29 is 9.53 Å². The molecule has 2 fully saturated rings. The molecule has 4 heteroatoms. The number of carbonyl (C=O) groups excluding carboxylic acids is 1. The number of nitrogens with zero attached hydrogens (tertiary/aromatic N) is 1. The molecule has 1 unspecified atom stereocenters. The van der Waals surface area contributed by atoms with Crippen molar-refractivity contribution in [1.82, 2.24) is 10.2 Å². The van der Waals surface area contributed by atoms with Crippen LogP contribution in [-0.4, -0.2) is 49.7 Å². The van der Waals surface area contributed by atoms with Crippen LogP contribution in [0.2, 0.25) is 0 Å². The molecule has 1 atom stereocenters. The summed E-state index contributed by atoms with van der Waals surface area (Å²) in [5.41, 5.74) is 1.98. The fraction of sp³-hybridized carbons (Fsp3) is 0.611. The molecular formula is C18H26N2O2. The molecule has 0 spiro atoms. The van der Waals surface area contributed by atoms with Crippen LogP contribution in [0, 0.1) is 6.92 Å². The van der Waals surface area contributed by atoms with E-state index < -0.39 is 5.41 Å². The molecule has 0 saturated carbocycles. The normalized spacial score (nSPS) is 25.0. The van der Waals surface area contributed by atoms with Gasteiger partial charge < -0.3 is 15.0 Å². The minimum Gasteiger partial charge on any atom is -0.381 e. The monoisotopic (exact) mass is 302 g/mol. The van der Waals surface area contributed by atoms with Crippen LogP contribution in [0.25, 0.3) is 0 Å². The molecule has 2 saturated heterocycles. The number of rotatable bonds is 2. The maximum Gasteiger partial charge on any atom is 0.233 e. The van der Waals surface area contributed by atoms with Crippen LogP contribution in [-0.2, 0) is 14.9 Å². The van der Waals surface area contributed by atoms with Gasteiger partial charge in [0.25, 0.3) is 0 Å². The molecule has 120 valence electrons. The van der Waals surface area contributed by atoms with E-state index in [0.717, 1.165) is 38.0 Å². The molecule has 3 rings (SSSR count). The van der Waals surface area contributed by atoms with Gasteiger partial charge in [0.2, 0.25) is 5.91 Å². The lowest BCUT2D eigenvalue weighted by Gasteiger charge is -2.42. The second-order valence-corrected chi connectivity index (χ2v) is 6.67. The van der Waals surface area contributed by atoms with Crippen molar-refractivity contribution in [3.05, 3.63) is 35.4 Å². The molecule has 1 amide bonds. The Balaban J connectivity index is 1.91. The van der Waals surface area contributed by atoms with E-state index in [-0.39, 0.29) is 5.91 Å². The Bertz CT molecular complexity index is 520. The molecule has 22 heavy (non-hydrogen) atoms. The van der Waals surface area contributed by atoms with Gasteiger partial charge in [0.15, 0.2) is 0 Å². The second-order valence-electron chi connectivity index (χ2n) is 6.67. The molecule has 0 bridgehead atoms. The first kappa shape index (κ1) is 15.5. The summed E-state index contributed by atoms with van der Waals surface area (Å²) >= 11 is 0. The summed E-state index contributed by atoms with van der Waals surface area (Å²) in [7, 11) is 0. The third-order valence-corrected chi connectivity index (χ3v) is 5.02. The standard InChI is InChI=1S/C18H26N2O2/c1-14-3-5-16(6-4-14)18(7-11-22-12-8-18)17(21)20-10-9-19-15(2)13-20/h3-6,15,19H,7-13H2,1-2H3. The highest BCUT2D eigenvalue weighted by atomic mass is 16.5. The zero-order valence-electron chi connectivity index (χ0n) is 13.6. The fourth-order valence-electron chi connectivity index (χ4n) is 3.64. The van der Waals surface area contributed by atoms with Crippen molar-refractivity contribution in [2.24, 2.45) is 0 Å². The Hall–Kier alpha value is -1.39. The van der Waals surface area contributed by atoms with Gasteiger partial charge in [-0.05, 0) is 32.3 Å². The highest BCUT2D eigenvalue weighted by Gasteiger charge is 2.44. The van der Waals surface area contributed by atoms with Crippen LogP contribution in [0.4, 0.5) is 0 Å². The zero-order valence-corrected chi connectivity index (χ0v) is 13.6. The molecule has 0 aliphatic carbocycles. The Morgan fingerprint density at radius 3 is 2.59 bits per heavy atom. The number of piperazine rings is 1. The number of hydrogen-bond acceptors (Lipinski definition) is 3. The zero-order chi connectivity index (χ0) is 15.6. The maximum atomic E-state index is 13.3. The maximum absolute atomic E-state index is 13.3. The Labute approximate surface area is 132 Å². The van der Waals surface area contributed by atoms with Crippen molar-refractivity contribution in [3.63, 3.8) is 0 Å². The average Bonchev–Trinajstić information content (AvgIpc) is 2.55. The summed E-state index contributed by atoms with van der Waals surface area (Å²) in [5.74, 6) is 0.285. The predicted octanol–water partition coefficient (Wildman–Crippen LogP) is 1.86. The molecule has 1 N–H and O–H groups in total. The molecule has 1 aromatic carbocycles. The molecule has 0 radical (unpaired) electrons. The van der Waals surface area contributed by atoms with Crippen LogP contribution in [0.5, 0.6) is 0 Å². The highest BCUT2D eigenvalue weighted by Crippen LogP contribution is 2.37. The first-order valence-corrected chi connectivity index (χ1v) is 8.29. The average molecular weight is 302 g/mol. The lowest BCUT2D eigenvalue weighted by molar-refractivity contribution is -0.142. The molecule has 2 aliphatic rings. The van der Waals surface area contributed by atoms with Gasteiger partial charge in [-0.15, -0.1) is 0 Å². The van der Waals surface area contributed by atoms with Gasteiger partial charge in [-0.3, -0.25) is 4.79 Å². The van der Waals surface area contributed by atoms with Crippen molar-refractivity contribution in [3.8, 4) is 0 Å². The smallest absolute Gasteiger partial charge is 0.233 e. The summed E-state index contributed by atoms with van der Waals surface area (Å²) in [4.78, 5) is 15.4. The Morgan fingerprint density at radius 1 is 1.27 bits per heavy atom. The number of amides is 1. The lowest BCUT2D eigenvalue weighted by atomic mass is 9.72. The SMILES string of the molecule is Cc1ccc(C2(C(=O)N3CCNC(C)C3)CCOCC2)cc1. The van der Waals surface area contributed by atoms with Crippen molar-refractivity contribution >= 4 is 5.91 Å². The summed E-state index contributed by atoms with van der Waals surface area (Å²) in [6.07, 6.45) is 1.57. The summed E-state index contributed by atoms with van der Waals surface area (Å²) < 4.78 is 5.55. The van der Waals surface area contributed by atoms with E-state index in [1.165, 1.54) is 5.56 Å².